The van der Waals surface area contributed by atoms with Crippen LogP contribution < -0.4 is 5.56 Å². The van der Waals surface area contributed by atoms with E-state index in [1.165, 1.54) is 0 Å². The minimum Gasteiger partial charge on any atom is -0.291 e. The second kappa shape index (κ2) is 5.40. The first-order valence-corrected chi connectivity index (χ1v) is 6.91. The van der Waals surface area contributed by atoms with E-state index >= 15 is 0 Å². The van der Waals surface area contributed by atoms with E-state index in [1.807, 2.05) is 54.6 Å². The topological polar surface area (TPSA) is 34.9 Å². The summed E-state index contributed by atoms with van der Waals surface area (Å²) in [7, 11) is 0. The van der Waals surface area contributed by atoms with E-state index in [0.29, 0.717) is 21.0 Å². The van der Waals surface area contributed by atoms with Crippen LogP contribution in [0.2, 0.25) is 5.02 Å². The lowest BCUT2D eigenvalue weighted by Gasteiger charge is -2.11. The highest BCUT2D eigenvalue weighted by atomic mass is 127. The molecule has 0 fully saturated rings. The Morgan fingerprint density at radius 3 is 2.78 bits per heavy atom. The van der Waals surface area contributed by atoms with Gasteiger partial charge in [0.05, 0.1) is 10.1 Å². The molecule has 2 aromatic rings. The van der Waals surface area contributed by atoms with Gasteiger partial charge >= 0.3 is 0 Å². The van der Waals surface area contributed by atoms with Crippen molar-refractivity contribution in [2.75, 3.05) is 0 Å². The first-order chi connectivity index (χ1) is 8.49. The van der Waals surface area contributed by atoms with Gasteiger partial charge in [0.15, 0.2) is 0 Å². The molecule has 1 heterocycles. The van der Waals surface area contributed by atoms with Crippen LogP contribution in [0.25, 0.3) is 0 Å². The summed E-state index contributed by atoms with van der Waals surface area (Å²) in [4.78, 5) is 16.2. The third kappa shape index (κ3) is 2.75. The van der Waals surface area contributed by atoms with Crippen LogP contribution in [0.3, 0.4) is 0 Å². The van der Waals surface area contributed by atoms with Gasteiger partial charge in [0.25, 0.3) is 5.56 Å². The molecular weight excluding hydrogens is 363 g/mol. The van der Waals surface area contributed by atoms with E-state index in [9.17, 15) is 4.79 Å². The van der Waals surface area contributed by atoms with E-state index in [-0.39, 0.29) is 5.56 Å². The van der Waals surface area contributed by atoms with Gasteiger partial charge in [0.2, 0.25) is 0 Å². The van der Waals surface area contributed by atoms with Crippen molar-refractivity contribution in [3.05, 3.63) is 60.3 Å². The van der Waals surface area contributed by atoms with Gasteiger partial charge < -0.3 is 0 Å². The molecule has 0 aliphatic carbocycles. The summed E-state index contributed by atoms with van der Waals surface area (Å²) in [6.45, 7) is 4.26. The summed E-state index contributed by atoms with van der Waals surface area (Å²) in [5.41, 5.74) is 2.00. The summed E-state index contributed by atoms with van der Waals surface area (Å²) in [6, 6.07) is 5.84. The number of nitrogens with zero attached hydrogens (tertiary/aromatic N) is 2. The lowest BCUT2D eigenvalue weighted by Crippen LogP contribution is -2.26. The molecule has 94 valence electrons. The second-order valence-corrected chi connectivity index (χ2v) is 5.71. The van der Waals surface area contributed by atoms with Crippen molar-refractivity contribution in [3.63, 3.8) is 0 Å². The third-order valence-corrected chi connectivity index (χ3v) is 3.83. The van der Waals surface area contributed by atoms with E-state index in [1.54, 1.807) is 10.8 Å². The second-order valence-electron chi connectivity index (χ2n) is 4.14. The quantitative estimate of drug-likeness (QED) is 0.757. The fourth-order valence-corrected chi connectivity index (χ4v) is 2.41. The molecule has 0 aliphatic rings. The number of rotatable bonds is 2. The molecule has 5 heteroatoms. The molecule has 3 nitrogen and oxygen atoms in total. The molecule has 0 saturated carbocycles. The zero-order valence-corrected chi connectivity index (χ0v) is 13.0. The van der Waals surface area contributed by atoms with Crippen LogP contribution in [0, 0.1) is 17.4 Å². The number of hydrogen-bond donors (Lipinski definition) is 0. The Balaban J connectivity index is 2.46. The maximum atomic E-state index is 12.0. The fourth-order valence-electron chi connectivity index (χ4n) is 1.69. The van der Waals surface area contributed by atoms with E-state index in [2.05, 4.69) is 4.98 Å². The summed E-state index contributed by atoms with van der Waals surface area (Å²) in [5.74, 6) is 0.692. The summed E-state index contributed by atoms with van der Waals surface area (Å²) in [5, 5.41) is 0.681. The highest BCUT2D eigenvalue weighted by Crippen LogP contribution is 2.18. The Kier molecular flexibility index (Phi) is 4.07. The van der Waals surface area contributed by atoms with Gasteiger partial charge in [-0.2, -0.15) is 0 Å². The molecule has 0 amide bonds. The molecule has 1 aromatic heterocycles. The van der Waals surface area contributed by atoms with Crippen molar-refractivity contribution in [2.24, 2.45) is 0 Å². The van der Waals surface area contributed by atoms with Crippen molar-refractivity contribution < 1.29 is 0 Å². The van der Waals surface area contributed by atoms with Crippen LogP contribution in [0.1, 0.15) is 17.0 Å². The number of benzene rings is 1. The number of aromatic nitrogens is 2. The molecular formula is C13H12ClIN2O. The molecule has 0 aliphatic heterocycles. The van der Waals surface area contributed by atoms with Crippen molar-refractivity contribution >= 4 is 34.2 Å². The average molecular weight is 375 g/mol. The molecule has 0 atom stereocenters. The maximum Gasteiger partial charge on any atom is 0.267 e. The van der Waals surface area contributed by atoms with Crippen LogP contribution in [0.4, 0.5) is 0 Å². The zero-order chi connectivity index (χ0) is 13.3. The highest BCUT2D eigenvalue weighted by molar-refractivity contribution is 14.1. The first-order valence-electron chi connectivity index (χ1n) is 5.46. The van der Waals surface area contributed by atoms with Crippen LogP contribution >= 0.6 is 34.2 Å². The highest BCUT2D eigenvalue weighted by Gasteiger charge is 2.08. The molecule has 2 rings (SSSR count). The summed E-state index contributed by atoms with van der Waals surface area (Å²) < 4.78 is 2.25. The van der Waals surface area contributed by atoms with Crippen LogP contribution in [0.5, 0.6) is 0 Å². The smallest absolute Gasteiger partial charge is 0.267 e. The van der Waals surface area contributed by atoms with Gasteiger partial charge in [-0.1, -0.05) is 23.7 Å². The van der Waals surface area contributed by atoms with Gasteiger partial charge in [-0.05, 0) is 53.6 Å². The predicted octanol–water partition coefficient (Wildman–Crippen LogP) is 3.17. The Labute approximate surface area is 124 Å². The molecule has 0 spiro atoms. The molecule has 0 saturated heterocycles. The van der Waals surface area contributed by atoms with Crippen molar-refractivity contribution in [1.82, 2.24) is 9.55 Å². The summed E-state index contributed by atoms with van der Waals surface area (Å²) >= 11 is 8.18. The Bertz CT molecular complexity index is 652. The van der Waals surface area contributed by atoms with Gasteiger partial charge in [0.1, 0.15) is 5.82 Å². The molecule has 0 radical (unpaired) electrons. The van der Waals surface area contributed by atoms with Crippen LogP contribution in [0.15, 0.2) is 29.2 Å². The number of aryl methyl sites for hydroxylation is 2. The summed E-state index contributed by atoms with van der Waals surface area (Å²) in [6.07, 6.45) is 1.59. The molecule has 1 aromatic carbocycles. The van der Waals surface area contributed by atoms with Crippen molar-refractivity contribution in [1.29, 1.82) is 0 Å². The van der Waals surface area contributed by atoms with Crippen LogP contribution in [-0.4, -0.2) is 9.55 Å². The van der Waals surface area contributed by atoms with E-state index in [4.69, 9.17) is 11.6 Å². The first kappa shape index (κ1) is 13.5. The molecule has 0 bridgehead atoms. The lowest BCUT2D eigenvalue weighted by molar-refractivity contribution is 0.695. The zero-order valence-electron chi connectivity index (χ0n) is 10.1. The third-order valence-electron chi connectivity index (χ3n) is 2.74. The monoisotopic (exact) mass is 374 g/mol. The SMILES string of the molecule is Cc1ccc(Cn2c(C)ncc(I)c2=O)c(Cl)c1. The Morgan fingerprint density at radius 1 is 1.39 bits per heavy atom. The van der Waals surface area contributed by atoms with E-state index < -0.39 is 0 Å². The van der Waals surface area contributed by atoms with Crippen molar-refractivity contribution in [3.8, 4) is 0 Å². The Hall–Kier alpha value is -0.880. The van der Waals surface area contributed by atoms with Crippen molar-refractivity contribution in [2.45, 2.75) is 20.4 Å². The predicted molar refractivity (Wildman–Crippen MR) is 81.2 cm³/mol. The average Bonchev–Trinajstić information content (AvgIpc) is 2.32. The number of halogens is 2. The standard InChI is InChI=1S/C13H12ClIN2O/c1-8-3-4-10(11(14)5-8)7-17-9(2)16-6-12(15)13(17)18/h3-6H,7H2,1-2H3. The maximum absolute atomic E-state index is 12.0. The molecule has 0 N–H and O–H groups in total. The van der Waals surface area contributed by atoms with Gasteiger partial charge in [-0.25, -0.2) is 4.98 Å². The lowest BCUT2D eigenvalue weighted by atomic mass is 10.1. The Morgan fingerprint density at radius 2 is 2.11 bits per heavy atom. The largest absolute Gasteiger partial charge is 0.291 e. The van der Waals surface area contributed by atoms with Gasteiger partial charge in [-0.15, -0.1) is 0 Å². The molecule has 0 unspecified atom stereocenters. The number of hydrogen-bond acceptors (Lipinski definition) is 2. The van der Waals surface area contributed by atoms with Crippen LogP contribution in [-0.2, 0) is 6.54 Å². The fraction of sp³-hybridized carbons (Fsp3) is 0.231. The minimum absolute atomic E-state index is 0.0280. The van der Waals surface area contributed by atoms with Gasteiger partial charge in [-0.3, -0.25) is 9.36 Å². The van der Waals surface area contributed by atoms with Gasteiger partial charge in [0, 0.05) is 11.2 Å². The molecule has 18 heavy (non-hydrogen) atoms. The van der Waals surface area contributed by atoms with E-state index in [0.717, 1.165) is 11.1 Å². The normalized spacial score (nSPS) is 10.7. The minimum atomic E-state index is -0.0280.